The van der Waals surface area contributed by atoms with Gasteiger partial charge in [-0.1, -0.05) is 0 Å². The summed E-state index contributed by atoms with van der Waals surface area (Å²) in [5, 5.41) is 0. The Morgan fingerprint density at radius 3 is 1.89 bits per heavy atom. The van der Waals surface area contributed by atoms with Crippen molar-refractivity contribution in [2.24, 2.45) is 0 Å². The van der Waals surface area contributed by atoms with E-state index in [4.69, 9.17) is 0 Å². The van der Waals surface area contributed by atoms with Gasteiger partial charge in [-0.05, 0) is 0 Å². The van der Waals surface area contributed by atoms with Crippen LogP contribution in [0, 0.1) is 13.8 Å². The maximum absolute atomic E-state index is 2.16. The Morgan fingerprint density at radius 2 is 1.56 bits per heavy atom. The average molecular weight is 112 g/mol. The first-order valence-electron chi connectivity index (χ1n) is 3.24. The Labute approximate surface area is 65.5 Å². The topological polar surface area (TPSA) is 0 Å². The summed E-state index contributed by atoms with van der Waals surface area (Å²) in [7, 11) is 0. The van der Waals surface area contributed by atoms with Gasteiger partial charge in [0.05, 0.1) is 0 Å². The summed E-state index contributed by atoms with van der Waals surface area (Å²) < 4.78 is 1.41. The van der Waals surface area contributed by atoms with Crippen molar-refractivity contribution in [3.8, 4) is 0 Å². The molecule has 9 heavy (non-hydrogen) atoms. The molecule has 0 heterocycles. The van der Waals surface area contributed by atoms with Crippen LogP contribution in [0.1, 0.15) is 11.1 Å². The Bertz CT molecular complexity index is 196. The zero-order chi connectivity index (χ0) is 6.85. The molecule has 1 heteroatoms. The minimum atomic E-state index is 1.38. The van der Waals surface area contributed by atoms with Crippen LogP contribution in [-0.4, -0.2) is 17.7 Å². The van der Waals surface area contributed by atoms with Gasteiger partial charge in [0.1, 0.15) is 0 Å². The molecule has 0 amide bonds. The molecule has 0 radical (unpaired) electrons. The van der Waals surface area contributed by atoms with Gasteiger partial charge >= 0.3 is 65.1 Å². The standard InChI is InChI=1S/C8H9.Li/c1-7-4-3-5-8(2)6-7;/h3-5H,1-2H3;. The molecule has 42 valence electrons. The fraction of sp³-hybridized carbons (Fsp3) is 0.250. The van der Waals surface area contributed by atoms with Crippen LogP contribution in [0.3, 0.4) is 0 Å². The normalized spacial score (nSPS) is 9.78. The molecule has 0 fully saturated rings. The molecule has 0 saturated carbocycles. The Kier molecular flexibility index (Phi) is 2.00. The third-order valence-corrected chi connectivity index (χ3v) is 1.88. The van der Waals surface area contributed by atoms with E-state index in [0.717, 1.165) is 0 Å². The predicted octanol–water partition coefficient (Wildman–Crippen LogP) is 1.10. The van der Waals surface area contributed by atoms with Crippen molar-refractivity contribution in [2.45, 2.75) is 13.8 Å². The molecule has 0 atom stereocenters. The van der Waals surface area contributed by atoms with Gasteiger partial charge in [-0.25, -0.2) is 0 Å². The molecule has 0 saturated heterocycles. The van der Waals surface area contributed by atoms with Gasteiger partial charge in [-0.15, -0.1) is 0 Å². The van der Waals surface area contributed by atoms with Crippen molar-refractivity contribution in [1.29, 1.82) is 0 Å². The maximum atomic E-state index is 2.16. The molecule has 0 aliphatic carbocycles. The zero-order valence-corrected chi connectivity index (χ0v) is 6.23. The molecule has 1 rings (SSSR count). The molecule has 0 N–H and O–H groups in total. The van der Waals surface area contributed by atoms with Gasteiger partial charge in [-0.3, -0.25) is 0 Å². The summed E-state index contributed by atoms with van der Waals surface area (Å²) in [6, 6.07) is 6.38. The van der Waals surface area contributed by atoms with Crippen LogP contribution in [0.25, 0.3) is 0 Å². The van der Waals surface area contributed by atoms with E-state index < -0.39 is 0 Å². The predicted molar refractivity (Wildman–Crippen MR) is 41.3 cm³/mol. The van der Waals surface area contributed by atoms with Crippen LogP contribution in [-0.2, 0) is 0 Å². The first-order valence-corrected chi connectivity index (χ1v) is 3.24. The summed E-state index contributed by atoms with van der Waals surface area (Å²) in [6.45, 7) is 4.28. The van der Waals surface area contributed by atoms with Gasteiger partial charge in [0, 0.05) is 0 Å². The summed E-state index contributed by atoms with van der Waals surface area (Å²) >= 11 is 2.16. The van der Waals surface area contributed by atoms with E-state index in [0.29, 0.717) is 0 Å². The molecule has 1 aromatic carbocycles. The Morgan fingerprint density at radius 1 is 1.11 bits per heavy atom. The molecular formula is C8H9Li. The number of aryl methyl sites for hydroxylation is 2. The van der Waals surface area contributed by atoms with Crippen LogP contribution in [0.4, 0.5) is 0 Å². The summed E-state index contributed by atoms with van der Waals surface area (Å²) in [5.74, 6) is 0. The van der Waals surface area contributed by atoms with Gasteiger partial charge in [-0.2, -0.15) is 0 Å². The van der Waals surface area contributed by atoms with E-state index in [1.54, 1.807) is 0 Å². The molecule has 0 unspecified atom stereocenters. The van der Waals surface area contributed by atoms with Crippen molar-refractivity contribution in [2.75, 3.05) is 0 Å². The van der Waals surface area contributed by atoms with Crippen LogP contribution in [0.2, 0.25) is 0 Å². The molecular weight excluding hydrogens is 103 g/mol. The Balaban J connectivity index is 3.25. The van der Waals surface area contributed by atoms with Crippen LogP contribution >= 0.6 is 0 Å². The molecule has 0 aliphatic heterocycles. The molecule has 0 aromatic heterocycles. The molecule has 1 aromatic rings. The van der Waals surface area contributed by atoms with Crippen molar-refractivity contribution in [3.05, 3.63) is 29.3 Å². The third kappa shape index (κ3) is 1.39. The number of benzene rings is 1. The summed E-state index contributed by atoms with van der Waals surface area (Å²) in [6.07, 6.45) is 0. The quantitative estimate of drug-likeness (QED) is 0.441. The van der Waals surface area contributed by atoms with Gasteiger partial charge in [0.25, 0.3) is 0 Å². The zero-order valence-electron chi connectivity index (χ0n) is 6.23. The monoisotopic (exact) mass is 112 g/mol. The van der Waals surface area contributed by atoms with Gasteiger partial charge in [0.2, 0.25) is 0 Å². The molecule has 0 aliphatic rings. The third-order valence-electron chi connectivity index (χ3n) is 1.88. The van der Waals surface area contributed by atoms with E-state index in [2.05, 4.69) is 49.8 Å². The van der Waals surface area contributed by atoms with Gasteiger partial charge < -0.3 is 0 Å². The van der Waals surface area contributed by atoms with Crippen molar-refractivity contribution < 1.29 is 0 Å². The van der Waals surface area contributed by atoms with Crippen molar-refractivity contribution in [3.63, 3.8) is 0 Å². The van der Waals surface area contributed by atoms with Crippen LogP contribution in [0.5, 0.6) is 0 Å². The minimum absolute atomic E-state index is 1.38. The Hall–Kier alpha value is -0.183. The van der Waals surface area contributed by atoms with E-state index >= 15 is 0 Å². The molecule has 0 bridgehead atoms. The number of hydrogen-bond donors (Lipinski definition) is 0. The van der Waals surface area contributed by atoms with Crippen molar-refractivity contribution in [1.82, 2.24) is 0 Å². The second kappa shape index (κ2) is 2.60. The van der Waals surface area contributed by atoms with Gasteiger partial charge in [0.15, 0.2) is 0 Å². The summed E-state index contributed by atoms with van der Waals surface area (Å²) in [5.41, 5.74) is 2.77. The first-order chi connectivity index (χ1) is 4.22. The fourth-order valence-electron chi connectivity index (χ4n) is 0.898. The van der Waals surface area contributed by atoms with Crippen LogP contribution < -0.4 is 4.24 Å². The van der Waals surface area contributed by atoms with E-state index in [9.17, 15) is 0 Å². The fourth-order valence-corrected chi connectivity index (χ4v) is 0.898. The number of hydrogen-bond acceptors (Lipinski definition) is 0. The molecule has 0 spiro atoms. The second-order valence-electron chi connectivity index (χ2n) is 2.52. The molecule has 0 nitrogen and oxygen atoms in total. The summed E-state index contributed by atoms with van der Waals surface area (Å²) in [4.78, 5) is 0. The SMILES string of the molecule is [Li][c]1c(C)cccc1C. The van der Waals surface area contributed by atoms with E-state index in [1.807, 2.05) is 0 Å². The van der Waals surface area contributed by atoms with Crippen LogP contribution in [0.15, 0.2) is 18.2 Å². The first kappa shape index (κ1) is 6.93. The van der Waals surface area contributed by atoms with Crippen molar-refractivity contribution >= 4 is 22.0 Å². The second-order valence-corrected chi connectivity index (χ2v) is 2.52. The van der Waals surface area contributed by atoms with E-state index in [1.165, 1.54) is 15.4 Å². The van der Waals surface area contributed by atoms with E-state index in [-0.39, 0.29) is 0 Å². The number of rotatable bonds is 0. The average Bonchev–Trinajstić information content (AvgIpc) is 1.83.